The van der Waals surface area contributed by atoms with E-state index < -0.39 is 18.0 Å². The van der Waals surface area contributed by atoms with Crippen molar-refractivity contribution in [3.05, 3.63) is 42.1 Å². The van der Waals surface area contributed by atoms with Gasteiger partial charge in [-0.3, -0.25) is 4.98 Å². The molecule has 0 aromatic carbocycles. The second kappa shape index (κ2) is 6.62. The molecule has 5 nitrogen and oxygen atoms in total. The third-order valence-electron chi connectivity index (χ3n) is 4.58. The Morgan fingerprint density at radius 1 is 1.32 bits per heavy atom. The maximum absolute atomic E-state index is 13.5. The van der Waals surface area contributed by atoms with E-state index in [1.807, 2.05) is 0 Å². The molecule has 9 heteroatoms. The summed E-state index contributed by atoms with van der Waals surface area (Å²) < 4.78 is 53.9. The van der Waals surface area contributed by atoms with E-state index in [0.717, 1.165) is 17.8 Å². The molecule has 0 saturated carbocycles. The highest BCUT2D eigenvalue weighted by Crippen LogP contribution is 2.42. The number of anilines is 1. The SMILES string of the molecule is C[C@@H](n1nccc1N1[C@H](CO)CC[C@@H]1c1cncc(F)c1)C(F)(F)F. The quantitative estimate of drug-likeness (QED) is 0.853. The Morgan fingerprint density at radius 3 is 2.72 bits per heavy atom. The average Bonchev–Trinajstić information content (AvgIpc) is 3.19. The van der Waals surface area contributed by atoms with Gasteiger partial charge in [0.15, 0.2) is 0 Å². The fourth-order valence-corrected chi connectivity index (χ4v) is 3.30. The van der Waals surface area contributed by atoms with Gasteiger partial charge in [-0.1, -0.05) is 0 Å². The van der Waals surface area contributed by atoms with Crippen molar-refractivity contribution in [2.45, 2.75) is 44.1 Å². The summed E-state index contributed by atoms with van der Waals surface area (Å²) in [6, 6.07) is 0.234. The normalized spacial score (nSPS) is 22.4. The first kappa shape index (κ1) is 17.7. The van der Waals surface area contributed by atoms with Crippen molar-refractivity contribution in [1.82, 2.24) is 14.8 Å². The summed E-state index contributed by atoms with van der Waals surface area (Å²) in [5.74, 6) is -0.266. The molecule has 136 valence electrons. The highest BCUT2D eigenvalue weighted by Gasteiger charge is 2.42. The Kier molecular flexibility index (Phi) is 4.68. The topological polar surface area (TPSA) is 54.2 Å². The zero-order chi connectivity index (χ0) is 18.2. The maximum Gasteiger partial charge on any atom is 0.410 e. The Bertz CT molecular complexity index is 733. The number of pyridine rings is 1. The number of aromatic nitrogens is 3. The van der Waals surface area contributed by atoms with Gasteiger partial charge in [0.2, 0.25) is 0 Å². The van der Waals surface area contributed by atoms with Gasteiger partial charge in [-0.25, -0.2) is 9.07 Å². The van der Waals surface area contributed by atoms with Crippen molar-refractivity contribution < 1.29 is 22.7 Å². The summed E-state index contributed by atoms with van der Waals surface area (Å²) in [7, 11) is 0. The van der Waals surface area contributed by atoms with Crippen LogP contribution < -0.4 is 4.90 Å². The molecule has 0 spiro atoms. The molecule has 0 unspecified atom stereocenters. The molecule has 2 aromatic heterocycles. The molecule has 1 saturated heterocycles. The molecule has 1 fully saturated rings. The highest BCUT2D eigenvalue weighted by molar-refractivity contribution is 5.46. The van der Waals surface area contributed by atoms with Crippen LogP contribution in [0, 0.1) is 5.82 Å². The summed E-state index contributed by atoms with van der Waals surface area (Å²) in [6.45, 7) is 0.810. The zero-order valence-corrected chi connectivity index (χ0v) is 13.5. The molecule has 0 bridgehead atoms. The van der Waals surface area contributed by atoms with Crippen molar-refractivity contribution in [2.75, 3.05) is 11.5 Å². The van der Waals surface area contributed by atoms with Gasteiger partial charge in [-0.2, -0.15) is 18.3 Å². The lowest BCUT2D eigenvalue weighted by Crippen LogP contribution is -2.37. The molecule has 3 rings (SSSR count). The molecule has 0 aliphatic carbocycles. The van der Waals surface area contributed by atoms with E-state index in [2.05, 4.69) is 10.1 Å². The van der Waals surface area contributed by atoms with Crippen molar-refractivity contribution in [1.29, 1.82) is 0 Å². The van der Waals surface area contributed by atoms with Crippen molar-refractivity contribution in [3.63, 3.8) is 0 Å². The highest BCUT2D eigenvalue weighted by atomic mass is 19.4. The van der Waals surface area contributed by atoms with E-state index in [1.54, 1.807) is 4.90 Å². The van der Waals surface area contributed by atoms with Crippen LogP contribution in [0.5, 0.6) is 0 Å². The minimum Gasteiger partial charge on any atom is -0.394 e. The maximum atomic E-state index is 13.5. The van der Waals surface area contributed by atoms with Crippen molar-refractivity contribution in [2.24, 2.45) is 0 Å². The van der Waals surface area contributed by atoms with Crippen LogP contribution in [-0.2, 0) is 0 Å². The van der Waals surface area contributed by atoms with Crippen LogP contribution in [0.25, 0.3) is 0 Å². The van der Waals surface area contributed by atoms with Crippen LogP contribution in [0.1, 0.15) is 37.4 Å². The predicted molar refractivity (Wildman–Crippen MR) is 82.5 cm³/mol. The van der Waals surface area contributed by atoms with Gasteiger partial charge in [0.05, 0.1) is 31.1 Å². The minimum absolute atomic E-state index is 0.217. The Morgan fingerprint density at radius 2 is 2.08 bits per heavy atom. The van der Waals surface area contributed by atoms with Crippen LogP contribution in [0.3, 0.4) is 0 Å². The average molecular weight is 358 g/mol. The lowest BCUT2D eigenvalue weighted by atomic mass is 10.1. The summed E-state index contributed by atoms with van der Waals surface area (Å²) in [5, 5.41) is 13.5. The van der Waals surface area contributed by atoms with Crippen molar-refractivity contribution in [3.8, 4) is 0 Å². The van der Waals surface area contributed by atoms with Crippen LogP contribution in [0.4, 0.5) is 23.4 Å². The van der Waals surface area contributed by atoms with E-state index >= 15 is 0 Å². The van der Waals surface area contributed by atoms with Gasteiger partial charge < -0.3 is 10.0 Å². The summed E-state index contributed by atoms with van der Waals surface area (Å²) in [4.78, 5) is 5.51. The first-order valence-corrected chi connectivity index (χ1v) is 7.92. The molecule has 25 heavy (non-hydrogen) atoms. The van der Waals surface area contributed by atoms with Crippen LogP contribution in [-0.4, -0.2) is 38.7 Å². The number of alkyl halides is 3. The van der Waals surface area contributed by atoms with Crippen molar-refractivity contribution >= 4 is 5.82 Å². The van der Waals surface area contributed by atoms with E-state index in [1.165, 1.54) is 24.5 Å². The second-order valence-electron chi connectivity index (χ2n) is 6.12. The molecular weight excluding hydrogens is 340 g/mol. The van der Waals surface area contributed by atoms with E-state index in [9.17, 15) is 22.7 Å². The Balaban J connectivity index is 2.02. The molecule has 1 aliphatic heterocycles. The number of nitrogens with zero attached hydrogens (tertiary/aromatic N) is 4. The summed E-state index contributed by atoms with van der Waals surface area (Å²) in [5.41, 5.74) is 0.559. The van der Waals surface area contributed by atoms with Crippen LogP contribution >= 0.6 is 0 Å². The third kappa shape index (κ3) is 3.33. The molecule has 2 aromatic rings. The molecule has 1 N–H and O–H groups in total. The largest absolute Gasteiger partial charge is 0.410 e. The smallest absolute Gasteiger partial charge is 0.394 e. The number of aliphatic hydroxyl groups excluding tert-OH is 1. The Labute approximate surface area is 141 Å². The van der Waals surface area contributed by atoms with Gasteiger partial charge >= 0.3 is 6.18 Å². The lowest BCUT2D eigenvalue weighted by molar-refractivity contribution is -0.165. The number of hydrogen-bond acceptors (Lipinski definition) is 4. The van der Waals surface area contributed by atoms with Gasteiger partial charge in [0, 0.05) is 12.3 Å². The van der Waals surface area contributed by atoms with Crippen LogP contribution in [0.2, 0.25) is 0 Å². The van der Waals surface area contributed by atoms with E-state index in [4.69, 9.17) is 0 Å². The molecule has 0 amide bonds. The number of rotatable bonds is 4. The molecule has 3 heterocycles. The fourth-order valence-electron chi connectivity index (χ4n) is 3.30. The lowest BCUT2D eigenvalue weighted by Gasteiger charge is -2.33. The molecular formula is C16H18F4N4O. The van der Waals surface area contributed by atoms with Crippen LogP contribution in [0.15, 0.2) is 30.7 Å². The van der Waals surface area contributed by atoms with Gasteiger partial charge in [0.1, 0.15) is 17.7 Å². The monoisotopic (exact) mass is 358 g/mol. The first-order chi connectivity index (χ1) is 11.8. The van der Waals surface area contributed by atoms with Gasteiger partial charge in [-0.15, -0.1) is 0 Å². The second-order valence-corrected chi connectivity index (χ2v) is 6.12. The van der Waals surface area contributed by atoms with Gasteiger partial charge in [-0.05, 0) is 31.4 Å². The Hall–Kier alpha value is -2.16. The molecule has 0 radical (unpaired) electrons. The minimum atomic E-state index is -4.45. The third-order valence-corrected chi connectivity index (χ3v) is 4.58. The fraction of sp³-hybridized carbons (Fsp3) is 0.500. The van der Waals surface area contributed by atoms with Gasteiger partial charge in [0.25, 0.3) is 0 Å². The first-order valence-electron chi connectivity index (χ1n) is 7.92. The molecule has 3 atom stereocenters. The number of hydrogen-bond donors (Lipinski definition) is 1. The van der Waals surface area contributed by atoms with E-state index in [0.29, 0.717) is 18.4 Å². The number of halogens is 4. The van der Waals surface area contributed by atoms with E-state index in [-0.39, 0.29) is 24.5 Å². The summed E-state index contributed by atoms with van der Waals surface area (Å²) in [6.07, 6.45) is 0.554. The standard InChI is InChI=1S/C16H18F4N4O/c1-10(16(18,19)20)24-15(4-5-22-24)23-13(9-25)2-3-14(23)11-6-12(17)8-21-7-11/h4-8,10,13-14,25H,2-3,9H2,1H3/t10-,13+,14-/m1/s1. The number of aliphatic hydroxyl groups is 1. The zero-order valence-electron chi connectivity index (χ0n) is 13.5. The molecule has 1 aliphatic rings. The summed E-state index contributed by atoms with van der Waals surface area (Å²) >= 11 is 0. The predicted octanol–water partition coefficient (Wildman–Crippen LogP) is 3.24.